The Hall–Kier alpha value is -2.06. The fraction of sp³-hybridized carbons (Fsp3) is 0.533. The molecule has 2 atom stereocenters. The summed E-state index contributed by atoms with van der Waals surface area (Å²) in [6.07, 6.45) is 2.12. The van der Waals surface area contributed by atoms with Crippen LogP contribution in [-0.2, 0) is 14.3 Å². The molecule has 2 rings (SSSR count). The number of non-ortho nitro benzene ring substituents is 1. The van der Waals surface area contributed by atoms with Crippen molar-refractivity contribution in [1.82, 2.24) is 0 Å². The smallest absolute Gasteiger partial charge is 0.271 e. The number of benzene rings is 1. The number of anilines is 1. The summed E-state index contributed by atoms with van der Waals surface area (Å²) < 4.78 is 24.6. The Kier molecular flexibility index (Phi) is 6.00. The fourth-order valence-corrected chi connectivity index (χ4v) is 2.22. The Morgan fingerprint density at radius 2 is 2.35 bits per heavy atom. The Balaban J connectivity index is 1.90. The van der Waals surface area contributed by atoms with Crippen LogP contribution in [0.3, 0.4) is 0 Å². The largest absolute Gasteiger partial charge is 0.376 e. The Bertz CT molecular complexity index is 575. The van der Waals surface area contributed by atoms with Gasteiger partial charge < -0.3 is 14.8 Å². The first-order valence-corrected chi connectivity index (χ1v) is 7.45. The fourth-order valence-electron chi connectivity index (χ4n) is 2.22. The second-order valence-corrected chi connectivity index (χ2v) is 5.37. The van der Waals surface area contributed by atoms with Gasteiger partial charge in [-0.3, -0.25) is 14.9 Å². The summed E-state index contributed by atoms with van der Waals surface area (Å²) in [5.41, 5.74) is -0.542. The Morgan fingerprint density at radius 1 is 1.57 bits per heavy atom. The maximum Gasteiger partial charge on any atom is 0.271 e. The molecule has 23 heavy (non-hydrogen) atoms. The summed E-state index contributed by atoms with van der Waals surface area (Å²) in [6.45, 7) is 2.51. The number of halogens is 1. The molecule has 126 valence electrons. The van der Waals surface area contributed by atoms with Gasteiger partial charge in [-0.1, -0.05) is 0 Å². The molecule has 1 amide bonds. The molecule has 2 unspecified atom stereocenters. The minimum absolute atomic E-state index is 0.0338. The van der Waals surface area contributed by atoms with E-state index in [1.54, 1.807) is 0 Å². The predicted octanol–water partition coefficient (Wildman–Crippen LogP) is 2.65. The quantitative estimate of drug-likeness (QED) is 0.641. The predicted molar refractivity (Wildman–Crippen MR) is 80.7 cm³/mol. The van der Waals surface area contributed by atoms with E-state index >= 15 is 0 Å². The molecule has 1 aromatic carbocycles. The van der Waals surface area contributed by atoms with Crippen LogP contribution in [0.15, 0.2) is 18.2 Å². The van der Waals surface area contributed by atoms with Crippen LogP contribution in [0.25, 0.3) is 0 Å². The second kappa shape index (κ2) is 7.98. The molecule has 1 N–H and O–H groups in total. The van der Waals surface area contributed by atoms with E-state index in [4.69, 9.17) is 9.47 Å². The number of hydrogen-bond donors (Lipinski definition) is 1. The molecular formula is C15H19FN2O5. The van der Waals surface area contributed by atoms with E-state index in [0.717, 1.165) is 37.5 Å². The highest BCUT2D eigenvalue weighted by molar-refractivity contribution is 5.94. The van der Waals surface area contributed by atoms with Crippen LogP contribution in [0.5, 0.6) is 0 Å². The van der Waals surface area contributed by atoms with Crippen LogP contribution < -0.4 is 5.32 Å². The normalized spacial score (nSPS) is 19.1. The minimum Gasteiger partial charge on any atom is -0.376 e. The van der Waals surface area contributed by atoms with Crippen LogP contribution >= 0.6 is 0 Å². The number of nitrogens with one attached hydrogen (secondary N) is 1. The van der Waals surface area contributed by atoms with E-state index in [1.807, 2.05) is 0 Å². The molecule has 0 bridgehead atoms. The number of hydrogen-bond acceptors (Lipinski definition) is 5. The summed E-state index contributed by atoms with van der Waals surface area (Å²) in [7, 11) is 0. The molecule has 8 heteroatoms. The van der Waals surface area contributed by atoms with Gasteiger partial charge in [-0.05, 0) is 32.3 Å². The highest BCUT2D eigenvalue weighted by Gasteiger charge is 2.20. The van der Waals surface area contributed by atoms with Gasteiger partial charge in [0.15, 0.2) is 0 Å². The maximum atomic E-state index is 13.6. The number of nitrogens with zero attached hydrogens (tertiary/aromatic N) is 1. The SMILES string of the molecule is CC(OCC1CCCCO1)C(=O)Nc1cc([N+](=O)[O-])ccc1F. The minimum atomic E-state index is -0.820. The maximum absolute atomic E-state index is 13.6. The zero-order chi connectivity index (χ0) is 16.8. The number of amides is 1. The second-order valence-electron chi connectivity index (χ2n) is 5.37. The molecule has 0 radical (unpaired) electrons. The van der Waals surface area contributed by atoms with Crippen molar-refractivity contribution in [1.29, 1.82) is 0 Å². The van der Waals surface area contributed by atoms with Crippen LogP contribution in [0.4, 0.5) is 15.8 Å². The lowest BCUT2D eigenvalue weighted by atomic mass is 10.1. The molecule has 1 saturated heterocycles. The van der Waals surface area contributed by atoms with E-state index in [0.29, 0.717) is 6.61 Å². The van der Waals surface area contributed by atoms with Crippen molar-refractivity contribution in [3.63, 3.8) is 0 Å². The molecule has 0 aromatic heterocycles. The molecule has 1 aliphatic rings. The van der Waals surface area contributed by atoms with Crippen molar-refractivity contribution >= 4 is 17.3 Å². The first-order valence-electron chi connectivity index (χ1n) is 7.45. The van der Waals surface area contributed by atoms with E-state index in [9.17, 15) is 19.3 Å². The molecule has 1 fully saturated rings. The first-order chi connectivity index (χ1) is 11.0. The zero-order valence-corrected chi connectivity index (χ0v) is 12.8. The van der Waals surface area contributed by atoms with Crippen molar-refractivity contribution < 1.29 is 23.6 Å². The van der Waals surface area contributed by atoms with E-state index in [1.165, 1.54) is 6.92 Å². The third-order valence-corrected chi connectivity index (χ3v) is 3.59. The van der Waals surface area contributed by atoms with Crippen molar-refractivity contribution in [2.24, 2.45) is 0 Å². The summed E-state index contributed by atoms with van der Waals surface area (Å²) in [6, 6.07) is 2.95. The number of carbonyl (C=O) groups is 1. The van der Waals surface area contributed by atoms with Crippen molar-refractivity contribution in [3.05, 3.63) is 34.1 Å². The van der Waals surface area contributed by atoms with E-state index in [2.05, 4.69) is 5.32 Å². The number of nitro groups is 1. The van der Waals surface area contributed by atoms with Crippen LogP contribution in [0.2, 0.25) is 0 Å². The lowest BCUT2D eigenvalue weighted by Gasteiger charge is -2.23. The molecule has 0 aliphatic carbocycles. The topological polar surface area (TPSA) is 90.7 Å². The highest BCUT2D eigenvalue weighted by atomic mass is 19.1. The molecule has 1 heterocycles. The molecule has 0 spiro atoms. The van der Waals surface area contributed by atoms with Gasteiger partial charge in [0.1, 0.15) is 11.9 Å². The first kappa shape index (κ1) is 17.3. The third kappa shape index (κ3) is 4.97. The summed E-state index contributed by atoms with van der Waals surface area (Å²) in [5, 5.41) is 13.0. The lowest BCUT2D eigenvalue weighted by Crippen LogP contribution is -2.32. The van der Waals surface area contributed by atoms with E-state index < -0.39 is 22.8 Å². The van der Waals surface area contributed by atoms with Gasteiger partial charge in [0, 0.05) is 18.7 Å². The average molecular weight is 326 g/mol. The standard InChI is InChI=1S/C15H19FN2O5/c1-10(23-9-12-4-2-3-7-22-12)15(19)17-14-8-11(18(20)21)5-6-13(14)16/h5-6,8,10,12H,2-4,7,9H2,1H3,(H,17,19). The zero-order valence-electron chi connectivity index (χ0n) is 12.8. The Morgan fingerprint density at radius 3 is 3.00 bits per heavy atom. The number of carbonyl (C=O) groups excluding carboxylic acids is 1. The van der Waals surface area contributed by atoms with Crippen LogP contribution in [0, 0.1) is 15.9 Å². The van der Waals surface area contributed by atoms with Gasteiger partial charge in [-0.25, -0.2) is 4.39 Å². The lowest BCUT2D eigenvalue weighted by molar-refractivity contribution is -0.384. The molecule has 0 saturated carbocycles. The number of rotatable bonds is 6. The van der Waals surface area contributed by atoms with E-state index in [-0.39, 0.29) is 24.1 Å². The van der Waals surface area contributed by atoms with Crippen molar-refractivity contribution in [2.45, 2.75) is 38.4 Å². The van der Waals surface area contributed by atoms with Crippen molar-refractivity contribution in [2.75, 3.05) is 18.5 Å². The van der Waals surface area contributed by atoms with Crippen molar-refractivity contribution in [3.8, 4) is 0 Å². The number of ether oxygens (including phenoxy) is 2. The van der Waals surface area contributed by atoms with Gasteiger partial charge in [0.05, 0.1) is 23.3 Å². The van der Waals surface area contributed by atoms with Gasteiger partial charge in [0.25, 0.3) is 11.6 Å². The Labute approximate surface area is 132 Å². The van der Waals surface area contributed by atoms with Gasteiger partial charge >= 0.3 is 0 Å². The number of nitro benzene ring substituents is 1. The summed E-state index contributed by atoms with van der Waals surface area (Å²) in [4.78, 5) is 22.0. The molecule has 1 aliphatic heterocycles. The van der Waals surface area contributed by atoms with Gasteiger partial charge in [-0.2, -0.15) is 0 Å². The highest BCUT2D eigenvalue weighted by Crippen LogP contribution is 2.21. The van der Waals surface area contributed by atoms with Gasteiger partial charge in [0.2, 0.25) is 0 Å². The summed E-state index contributed by atoms with van der Waals surface area (Å²) >= 11 is 0. The van der Waals surface area contributed by atoms with Crippen LogP contribution in [-0.4, -0.2) is 36.3 Å². The summed E-state index contributed by atoms with van der Waals surface area (Å²) in [5.74, 6) is -1.31. The van der Waals surface area contributed by atoms with Crippen LogP contribution in [0.1, 0.15) is 26.2 Å². The molecule has 1 aromatic rings. The molecule has 7 nitrogen and oxygen atoms in total. The van der Waals surface area contributed by atoms with Gasteiger partial charge in [-0.15, -0.1) is 0 Å². The molecular weight excluding hydrogens is 307 g/mol. The third-order valence-electron chi connectivity index (χ3n) is 3.59. The monoisotopic (exact) mass is 326 g/mol. The average Bonchev–Trinajstić information content (AvgIpc) is 2.55.